The summed E-state index contributed by atoms with van der Waals surface area (Å²) in [6, 6.07) is 7.83. The zero-order chi connectivity index (χ0) is 15.8. The second-order valence-electron chi connectivity index (χ2n) is 4.37. The van der Waals surface area contributed by atoms with Crippen LogP contribution in [0.15, 0.2) is 44.2 Å². The Morgan fingerprint density at radius 3 is 2.43 bits per heavy atom. The van der Waals surface area contributed by atoms with E-state index in [1.54, 1.807) is 18.2 Å². The molecular weight excluding hydrogens is 443 g/mol. The molecule has 0 fully saturated rings. The summed E-state index contributed by atoms with van der Waals surface area (Å²) in [6.07, 6.45) is 0. The Balaban J connectivity index is 2.43. The molecular formula is C13H11Br2ClN2O2S. The first kappa shape index (κ1) is 16.6. The lowest BCUT2D eigenvalue weighted by atomic mass is 10.2. The number of halogens is 3. The SMILES string of the molecule is Cc1cc(Br)c(S(=O)(=O)Nc2ccc(Cl)c(N)c2)cc1Br. The van der Waals surface area contributed by atoms with Crippen LogP contribution in [-0.2, 0) is 10.0 Å². The monoisotopic (exact) mass is 452 g/mol. The predicted molar refractivity (Wildman–Crippen MR) is 93.3 cm³/mol. The summed E-state index contributed by atoms with van der Waals surface area (Å²) in [6.45, 7) is 1.87. The molecule has 0 saturated heterocycles. The molecule has 0 heterocycles. The van der Waals surface area contributed by atoms with E-state index in [-0.39, 0.29) is 4.90 Å². The molecule has 0 atom stereocenters. The molecule has 0 unspecified atom stereocenters. The van der Waals surface area contributed by atoms with Gasteiger partial charge in [-0.1, -0.05) is 27.5 Å². The van der Waals surface area contributed by atoms with Crippen molar-refractivity contribution in [2.75, 3.05) is 10.5 Å². The molecule has 0 aliphatic rings. The van der Waals surface area contributed by atoms with E-state index in [9.17, 15) is 8.42 Å². The Morgan fingerprint density at radius 2 is 1.81 bits per heavy atom. The largest absolute Gasteiger partial charge is 0.397 e. The number of nitrogens with one attached hydrogen (secondary N) is 1. The van der Waals surface area contributed by atoms with Crippen molar-refractivity contribution in [2.24, 2.45) is 0 Å². The van der Waals surface area contributed by atoms with Crippen LogP contribution in [0.2, 0.25) is 5.02 Å². The number of nitrogens with two attached hydrogens (primary N) is 1. The average Bonchev–Trinajstić information content (AvgIpc) is 2.37. The fourth-order valence-corrected chi connectivity index (χ4v) is 4.50. The highest BCUT2D eigenvalue weighted by atomic mass is 79.9. The number of hydrogen-bond acceptors (Lipinski definition) is 3. The van der Waals surface area contributed by atoms with Crippen LogP contribution in [-0.4, -0.2) is 8.42 Å². The Bertz CT molecular complexity index is 810. The molecule has 2 aromatic rings. The number of anilines is 2. The van der Waals surface area contributed by atoms with E-state index in [2.05, 4.69) is 36.6 Å². The van der Waals surface area contributed by atoms with Gasteiger partial charge in [-0.05, 0) is 58.7 Å². The normalized spacial score (nSPS) is 11.4. The van der Waals surface area contributed by atoms with Gasteiger partial charge in [-0.25, -0.2) is 8.42 Å². The maximum Gasteiger partial charge on any atom is 0.263 e. The molecule has 0 amide bonds. The molecule has 0 spiro atoms. The van der Waals surface area contributed by atoms with Gasteiger partial charge in [0.25, 0.3) is 10.0 Å². The summed E-state index contributed by atoms with van der Waals surface area (Å²) in [5.74, 6) is 0. The molecule has 2 rings (SSSR count). The van der Waals surface area contributed by atoms with Gasteiger partial charge in [0.1, 0.15) is 4.90 Å². The fraction of sp³-hybridized carbons (Fsp3) is 0.0769. The molecule has 21 heavy (non-hydrogen) atoms. The summed E-state index contributed by atoms with van der Waals surface area (Å²) in [7, 11) is -3.74. The number of sulfonamides is 1. The highest BCUT2D eigenvalue weighted by Crippen LogP contribution is 2.31. The number of rotatable bonds is 3. The van der Waals surface area contributed by atoms with Crippen LogP contribution in [0, 0.1) is 6.92 Å². The number of hydrogen-bond donors (Lipinski definition) is 2. The Hall–Kier alpha value is -0.760. The van der Waals surface area contributed by atoms with Gasteiger partial charge in [-0.2, -0.15) is 0 Å². The molecule has 4 nitrogen and oxygen atoms in total. The minimum Gasteiger partial charge on any atom is -0.397 e. The summed E-state index contributed by atoms with van der Waals surface area (Å²) >= 11 is 12.4. The van der Waals surface area contributed by atoms with Crippen LogP contribution in [0.1, 0.15) is 5.56 Å². The van der Waals surface area contributed by atoms with Crippen molar-refractivity contribution in [1.29, 1.82) is 0 Å². The van der Waals surface area contributed by atoms with Crippen molar-refractivity contribution in [3.8, 4) is 0 Å². The van der Waals surface area contributed by atoms with E-state index in [1.807, 2.05) is 6.92 Å². The van der Waals surface area contributed by atoms with Crippen molar-refractivity contribution < 1.29 is 8.42 Å². The van der Waals surface area contributed by atoms with Crippen molar-refractivity contribution in [3.63, 3.8) is 0 Å². The van der Waals surface area contributed by atoms with Crippen LogP contribution < -0.4 is 10.5 Å². The van der Waals surface area contributed by atoms with Gasteiger partial charge in [0.05, 0.1) is 16.4 Å². The molecule has 0 aromatic heterocycles. The lowest BCUT2D eigenvalue weighted by Crippen LogP contribution is -2.14. The number of benzene rings is 2. The van der Waals surface area contributed by atoms with Crippen LogP contribution in [0.3, 0.4) is 0 Å². The second-order valence-corrected chi connectivity index (χ2v) is 8.14. The van der Waals surface area contributed by atoms with Crippen LogP contribution in [0.25, 0.3) is 0 Å². The van der Waals surface area contributed by atoms with Crippen molar-refractivity contribution in [1.82, 2.24) is 0 Å². The minimum absolute atomic E-state index is 0.133. The first-order chi connectivity index (χ1) is 9.70. The fourth-order valence-electron chi connectivity index (χ4n) is 1.65. The number of aryl methyl sites for hydroxylation is 1. The van der Waals surface area contributed by atoms with E-state index >= 15 is 0 Å². The zero-order valence-corrected chi connectivity index (χ0v) is 15.6. The zero-order valence-electron chi connectivity index (χ0n) is 10.8. The smallest absolute Gasteiger partial charge is 0.263 e. The molecule has 0 bridgehead atoms. The summed E-state index contributed by atoms with van der Waals surface area (Å²) < 4.78 is 28.6. The summed E-state index contributed by atoms with van der Waals surface area (Å²) in [5.41, 5.74) is 7.25. The molecule has 0 radical (unpaired) electrons. The van der Waals surface area contributed by atoms with Crippen LogP contribution in [0.5, 0.6) is 0 Å². The van der Waals surface area contributed by atoms with E-state index in [1.165, 1.54) is 12.1 Å². The van der Waals surface area contributed by atoms with E-state index in [0.29, 0.717) is 25.3 Å². The Kier molecular flexibility index (Phi) is 4.87. The lowest BCUT2D eigenvalue weighted by Gasteiger charge is -2.12. The first-order valence-electron chi connectivity index (χ1n) is 5.74. The standard InChI is InChI=1S/C13H11Br2ClN2O2S/c1-7-4-10(15)13(6-9(7)14)21(19,20)18-8-2-3-11(16)12(17)5-8/h2-6,18H,17H2,1H3. The third-order valence-electron chi connectivity index (χ3n) is 2.75. The predicted octanol–water partition coefficient (Wildman–Crippen LogP) is 4.56. The van der Waals surface area contributed by atoms with Gasteiger partial charge in [0.2, 0.25) is 0 Å². The highest BCUT2D eigenvalue weighted by molar-refractivity contribution is 9.11. The molecule has 112 valence electrons. The van der Waals surface area contributed by atoms with Crippen molar-refractivity contribution in [2.45, 2.75) is 11.8 Å². The summed E-state index contributed by atoms with van der Waals surface area (Å²) in [4.78, 5) is 0.133. The van der Waals surface area contributed by atoms with Gasteiger partial charge in [0.15, 0.2) is 0 Å². The molecule has 3 N–H and O–H groups in total. The van der Waals surface area contributed by atoms with Crippen molar-refractivity contribution in [3.05, 3.63) is 49.9 Å². The maximum absolute atomic E-state index is 12.4. The van der Waals surface area contributed by atoms with Gasteiger partial charge >= 0.3 is 0 Å². The first-order valence-corrected chi connectivity index (χ1v) is 9.19. The molecule has 8 heteroatoms. The van der Waals surface area contributed by atoms with Gasteiger partial charge in [0, 0.05) is 8.95 Å². The Labute approximate surface area is 145 Å². The van der Waals surface area contributed by atoms with Gasteiger partial charge in [-0.3, -0.25) is 4.72 Å². The maximum atomic E-state index is 12.4. The lowest BCUT2D eigenvalue weighted by molar-refractivity contribution is 0.600. The van der Waals surface area contributed by atoms with E-state index < -0.39 is 10.0 Å². The topological polar surface area (TPSA) is 72.2 Å². The molecule has 0 aliphatic heterocycles. The van der Waals surface area contributed by atoms with Crippen LogP contribution in [0.4, 0.5) is 11.4 Å². The quantitative estimate of drug-likeness (QED) is 0.668. The minimum atomic E-state index is -3.74. The van der Waals surface area contributed by atoms with Crippen molar-refractivity contribution >= 4 is 64.9 Å². The summed E-state index contributed by atoms with van der Waals surface area (Å²) in [5, 5.41) is 0.372. The van der Waals surface area contributed by atoms with E-state index in [4.69, 9.17) is 17.3 Å². The third kappa shape index (κ3) is 3.71. The highest BCUT2D eigenvalue weighted by Gasteiger charge is 2.19. The molecule has 2 aromatic carbocycles. The number of nitrogen functional groups attached to an aromatic ring is 1. The van der Waals surface area contributed by atoms with E-state index in [0.717, 1.165) is 5.56 Å². The average molecular weight is 455 g/mol. The molecule has 0 aliphatic carbocycles. The van der Waals surface area contributed by atoms with Gasteiger partial charge < -0.3 is 5.73 Å². The molecule has 0 saturated carbocycles. The van der Waals surface area contributed by atoms with Crippen LogP contribution >= 0.6 is 43.5 Å². The van der Waals surface area contributed by atoms with Gasteiger partial charge in [-0.15, -0.1) is 0 Å². The second kappa shape index (κ2) is 6.16. The Morgan fingerprint density at radius 1 is 1.14 bits per heavy atom. The third-order valence-corrected chi connectivity index (χ3v) is 6.29.